The van der Waals surface area contributed by atoms with Crippen LogP contribution in [-0.4, -0.2) is 15.9 Å². The minimum absolute atomic E-state index is 0. The van der Waals surface area contributed by atoms with Gasteiger partial charge in [0, 0.05) is 0 Å². The molecule has 0 rings (SSSR count). The van der Waals surface area contributed by atoms with Crippen LogP contribution in [0.3, 0.4) is 0 Å². The first-order valence-corrected chi connectivity index (χ1v) is 4.67. The minimum atomic E-state index is -1.29. The lowest BCUT2D eigenvalue weighted by Gasteiger charge is -2.05. The van der Waals surface area contributed by atoms with E-state index >= 15 is 0 Å². The lowest BCUT2D eigenvalue weighted by Crippen LogP contribution is -2.03. The van der Waals surface area contributed by atoms with E-state index < -0.39 is 10.8 Å². The molecule has 4 N–H and O–H groups in total. The second kappa shape index (κ2) is 10.1. The third-order valence-electron chi connectivity index (χ3n) is 1.52. The third-order valence-corrected chi connectivity index (χ3v) is 1.89. The Hall–Kier alpha value is 0.01000. The second-order valence-corrected chi connectivity index (χ2v) is 4.22. The molecule has 0 bridgehead atoms. The van der Waals surface area contributed by atoms with Gasteiger partial charge in [-0.15, -0.1) is 0 Å². The van der Waals surface area contributed by atoms with Crippen molar-refractivity contribution in [3.63, 3.8) is 0 Å². The summed E-state index contributed by atoms with van der Waals surface area (Å²) < 4.78 is 0. The maximum absolute atomic E-state index is 9.44. The number of alkyl halides is 2. The smallest absolute Gasteiger partial charge is 0.337 e. The number of halogens is 2. The molecule has 0 aliphatic carbocycles. The monoisotopic (exact) mass is 231 g/mol. The van der Waals surface area contributed by atoms with Crippen molar-refractivity contribution in [1.29, 1.82) is 0 Å². The van der Waals surface area contributed by atoms with E-state index in [0.29, 0.717) is 0 Å². The van der Waals surface area contributed by atoms with Crippen LogP contribution in [0.2, 0.25) is 0 Å². The number of hydrogen-bond acceptors (Lipinski definition) is 2. The van der Waals surface area contributed by atoms with Crippen LogP contribution in [0.4, 0.5) is 0 Å². The van der Waals surface area contributed by atoms with Crippen LogP contribution in [0.5, 0.6) is 0 Å². The highest BCUT2D eigenvalue weighted by atomic mass is 35.5. The molecule has 0 amide bonds. The van der Waals surface area contributed by atoms with Gasteiger partial charge in [0.15, 0.2) is 0 Å². The van der Waals surface area contributed by atoms with Gasteiger partial charge in [-0.3, -0.25) is 0 Å². The SMILES string of the molecule is CC(C)C(C)C.N.O=C(O)C(Cl)Cl. The van der Waals surface area contributed by atoms with E-state index in [1.165, 1.54) is 0 Å². The Labute approximate surface area is 90.0 Å². The summed E-state index contributed by atoms with van der Waals surface area (Å²) in [5.74, 6) is 0.494. The second-order valence-electron chi connectivity index (χ2n) is 3.13. The highest BCUT2D eigenvalue weighted by Gasteiger charge is 2.05. The predicted molar refractivity (Wildman–Crippen MR) is 57.8 cm³/mol. The maximum Gasteiger partial charge on any atom is 0.337 e. The number of carbonyl (C=O) groups is 1. The van der Waals surface area contributed by atoms with Gasteiger partial charge in [-0.05, 0) is 11.8 Å². The van der Waals surface area contributed by atoms with Crippen molar-refractivity contribution in [2.24, 2.45) is 11.8 Å². The van der Waals surface area contributed by atoms with E-state index in [-0.39, 0.29) is 6.15 Å². The fourth-order valence-corrected chi connectivity index (χ4v) is 0. The molecule has 0 aromatic rings. The molecule has 0 heterocycles. The van der Waals surface area contributed by atoms with Crippen molar-refractivity contribution in [2.45, 2.75) is 32.5 Å². The van der Waals surface area contributed by atoms with Gasteiger partial charge in [-0.2, -0.15) is 0 Å². The molecule has 0 aromatic heterocycles. The van der Waals surface area contributed by atoms with Gasteiger partial charge >= 0.3 is 5.97 Å². The van der Waals surface area contributed by atoms with E-state index in [9.17, 15) is 4.79 Å². The lowest BCUT2D eigenvalue weighted by molar-refractivity contribution is -0.135. The fourth-order valence-electron chi connectivity index (χ4n) is 0. The summed E-state index contributed by atoms with van der Waals surface area (Å²) in [6.07, 6.45) is 0. The van der Waals surface area contributed by atoms with Crippen LogP contribution in [0, 0.1) is 11.8 Å². The molecule has 0 spiro atoms. The van der Waals surface area contributed by atoms with Gasteiger partial charge in [0.25, 0.3) is 0 Å². The summed E-state index contributed by atoms with van der Waals surface area (Å²) >= 11 is 9.56. The van der Waals surface area contributed by atoms with E-state index in [0.717, 1.165) is 11.8 Å². The Morgan fingerprint density at radius 1 is 1.08 bits per heavy atom. The summed E-state index contributed by atoms with van der Waals surface area (Å²) in [6.45, 7) is 8.96. The lowest BCUT2D eigenvalue weighted by atomic mass is 10.0. The molecule has 0 fully saturated rings. The summed E-state index contributed by atoms with van der Waals surface area (Å²) in [7, 11) is 0. The van der Waals surface area contributed by atoms with Crippen LogP contribution < -0.4 is 6.15 Å². The van der Waals surface area contributed by atoms with Crippen molar-refractivity contribution >= 4 is 29.2 Å². The molecule has 0 unspecified atom stereocenters. The van der Waals surface area contributed by atoms with Crippen molar-refractivity contribution < 1.29 is 9.90 Å². The molecular weight excluding hydrogens is 213 g/mol. The van der Waals surface area contributed by atoms with Gasteiger partial charge in [0.1, 0.15) is 0 Å². The Morgan fingerprint density at radius 2 is 1.23 bits per heavy atom. The zero-order valence-corrected chi connectivity index (χ0v) is 10.1. The quantitative estimate of drug-likeness (QED) is 0.717. The first-order valence-electron chi connectivity index (χ1n) is 3.80. The fraction of sp³-hybridized carbons (Fsp3) is 0.875. The molecule has 0 radical (unpaired) electrons. The topological polar surface area (TPSA) is 72.3 Å². The summed E-state index contributed by atoms with van der Waals surface area (Å²) in [6, 6.07) is 0. The first-order chi connectivity index (χ1) is 5.29. The zero-order chi connectivity index (χ0) is 10.3. The van der Waals surface area contributed by atoms with E-state index in [4.69, 9.17) is 28.3 Å². The Kier molecular flexibility index (Phi) is 14.5. The molecular formula is C8H19Cl2NO2. The standard InChI is InChI=1S/C6H14.C2H2Cl2O2.H3N/c1-5(2)6(3)4;3-1(4)2(5)6;/h5-6H,1-4H3;1H,(H,5,6);1H3. The van der Waals surface area contributed by atoms with Crippen LogP contribution in [0.15, 0.2) is 0 Å². The zero-order valence-electron chi connectivity index (χ0n) is 8.55. The first kappa shape index (κ1) is 18.7. The van der Waals surface area contributed by atoms with E-state index in [1.807, 2.05) is 0 Å². The number of rotatable bonds is 2. The van der Waals surface area contributed by atoms with Gasteiger partial charge in [-0.25, -0.2) is 4.79 Å². The summed E-state index contributed by atoms with van der Waals surface area (Å²) in [4.78, 5) is 8.15. The Bertz CT molecular complexity index is 121. The molecule has 0 saturated carbocycles. The summed E-state index contributed by atoms with van der Waals surface area (Å²) in [5, 5.41) is 7.73. The number of aliphatic carboxylic acids is 1. The van der Waals surface area contributed by atoms with Crippen molar-refractivity contribution in [1.82, 2.24) is 6.15 Å². The maximum atomic E-state index is 9.44. The van der Waals surface area contributed by atoms with E-state index in [2.05, 4.69) is 27.7 Å². The third kappa shape index (κ3) is 18.8. The minimum Gasteiger partial charge on any atom is -0.479 e. The van der Waals surface area contributed by atoms with Crippen LogP contribution in [-0.2, 0) is 4.79 Å². The van der Waals surface area contributed by atoms with E-state index in [1.54, 1.807) is 0 Å². The van der Waals surface area contributed by atoms with Gasteiger partial charge in [0.05, 0.1) is 0 Å². The predicted octanol–water partition coefficient (Wildman–Crippen LogP) is 3.34. The molecule has 0 atom stereocenters. The highest BCUT2D eigenvalue weighted by Crippen LogP contribution is 2.05. The largest absolute Gasteiger partial charge is 0.479 e. The molecule has 0 aromatic carbocycles. The number of carboxylic acid groups (broad SMARTS) is 1. The summed E-state index contributed by atoms with van der Waals surface area (Å²) in [5.41, 5.74) is 0. The molecule has 3 nitrogen and oxygen atoms in total. The Morgan fingerprint density at radius 3 is 1.23 bits per heavy atom. The Balaban J connectivity index is -0.000000143. The normalized spacial score (nSPS) is 9.31. The highest BCUT2D eigenvalue weighted by molar-refractivity contribution is 6.52. The van der Waals surface area contributed by atoms with Crippen LogP contribution in [0.1, 0.15) is 27.7 Å². The average molecular weight is 232 g/mol. The number of carboxylic acids is 1. The van der Waals surface area contributed by atoms with Gasteiger partial charge in [0.2, 0.25) is 4.84 Å². The molecule has 0 saturated heterocycles. The molecule has 0 aliphatic rings. The van der Waals surface area contributed by atoms with Crippen LogP contribution in [0.25, 0.3) is 0 Å². The molecule has 13 heavy (non-hydrogen) atoms. The molecule has 5 heteroatoms. The van der Waals surface area contributed by atoms with Crippen LogP contribution >= 0.6 is 23.2 Å². The van der Waals surface area contributed by atoms with Gasteiger partial charge in [-0.1, -0.05) is 50.9 Å². The van der Waals surface area contributed by atoms with Crippen molar-refractivity contribution in [3.05, 3.63) is 0 Å². The molecule has 82 valence electrons. The average Bonchev–Trinajstić information content (AvgIpc) is 1.88. The van der Waals surface area contributed by atoms with Crippen molar-refractivity contribution in [2.75, 3.05) is 0 Å². The van der Waals surface area contributed by atoms with Gasteiger partial charge < -0.3 is 11.3 Å². The van der Waals surface area contributed by atoms with Crippen molar-refractivity contribution in [3.8, 4) is 0 Å². The number of hydrogen-bond donors (Lipinski definition) is 2. The molecule has 0 aliphatic heterocycles.